The van der Waals surface area contributed by atoms with Crippen LogP contribution in [-0.2, 0) is 11.3 Å². The van der Waals surface area contributed by atoms with Crippen LogP contribution in [0.15, 0.2) is 64.8 Å². The number of hydrogen-bond donors (Lipinski definition) is 1. The van der Waals surface area contributed by atoms with E-state index in [0.29, 0.717) is 48.6 Å². The third-order valence-corrected chi connectivity index (χ3v) is 6.98. The van der Waals surface area contributed by atoms with Crippen molar-refractivity contribution in [1.82, 2.24) is 9.55 Å². The molecular formula is C28H29N5O3. The molecule has 0 aliphatic heterocycles. The van der Waals surface area contributed by atoms with Crippen LogP contribution in [0.5, 0.6) is 0 Å². The van der Waals surface area contributed by atoms with Crippen LogP contribution >= 0.6 is 0 Å². The van der Waals surface area contributed by atoms with E-state index >= 15 is 0 Å². The minimum absolute atomic E-state index is 0.0544. The SMILES string of the molecule is C[C@H](CC(=O)C1CCC(O)(Cn2cnc3cc(C#CCN=[N+]=[N-])ccc3c2=O)CC1)c1ccccc1. The lowest BCUT2D eigenvalue weighted by atomic mass is 9.75. The number of aromatic nitrogens is 2. The van der Waals surface area contributed by atoms with Gasteiger partial charge in [-0.1, -0.05) is 54.2 Å². The number of benzene rings is 2. The monoisotopic (exact) mass is 483 g/mol. The summed E-state index contributed by atoms with van der Waals surface area (Å²) in [6.07, 6.45) is 4.12. The summed E-state index contributed by atoms with van der Waals surface area (Å²) in [6, 6.07) is 15.2. The zero-order valence-corrected chi connectivity index (χ0v) is 20.3. The summed E-state index contributed by atoms with van der Waals surface area (Å²) in [5.74, 6) is 5.98. The maximum atomic E-state index is 13.0. The molecule has 2 aromatic carbocycles. The highest BCUT2D eigenvalue weighted by molar-refractivity contribution is 5.82. The van der Waals surface area contributed by atoms with Gasteiger partial charge in [-0.2, -0.15) is 0 Å². The molecule has 0 spiro atoms. The Bertz CT molecular complexity index is 1410. The smallest absolute Gasteiger partial charge is 0.261 e. The fourth-order valence-corrected chi connectivity index (χ4v) is 4.88. The van der Waals surface area contributed by atoms with Gasteiger partial charge in [-0.05, 0) is 60.9 Å². The first-order valence-corrected chi connectivity index (χ1v) is 12.2. The number of Topliss-reactive ketones (excluding diaryl/α,β-unsaturated/α-hetero) is 1. The van der Waals surface area contributed by atoms with E-state index in [1.54, 1.807) is 18.2 Å². The molecule has 8 heteroatoms. The highest BCUT2D eigenvalue weighted by atomic mass is 16.3. The maximum absolute atomic E-state index is 13.0. The van der Waals surface area contributed by atoms with Crippen molar-refractivity contribution in [3.63, 3.8) is 0 Å². The zero-order chi connectivity index (χ0) is 25.5. The summed E-state index contributed by atoms with van der Waals surface area (Å²) in [7, 11) is 0. The van der Waals surface area contributed by atoms with Crippen molar-refractivity contribution in [1.29, 1.82) is 0 Å². The molecule has 1 saturated carbocycles. The first-order valence-electron chi connectivity index (χ1n) is 12.2. The Hall–Kier alpha value is -3.92. The Morgan fingerprint density at radius 3 is 2.75 bits per heavy atom. The van der Waals surface area contributed by atoms with E-state index in [9.17, 15) is 14.7 Å². The second-order valence-electron chi connectivity index (χ2n) is 9.58. The molecule has 0 amide bonds. The number of carbonyl (C=O) groups is 1. The number of hydrogen-bond acceptors (Lipinski definition) is 5. The molecule has 0 saturated heterocycles. The molecule has 1 aromatic heterocycles. The molecule has 4 rings (SSSR count). The first kappa shape index (κ1) is 25.2. The van der Waals surface area contributed by atoms with Crippen molar-refractivity contribution in [3.05, 3.63) is 86.8 Å². The van der Waals surface area contributed by atoms with Crippen LogP contribution < -0.4 is 5.56 Å². The first-order chi connectivity index (χ1) is 17.4. The summed E-state index contributed by atoms with van der Waals surface area (Å²) >= 11 is 0. The van der Waals surface area contributed by atoms with Gasteiger partial charge in [0.05, 0.1) is 35.9 Å². The van der Waals surface area contributed by atoms with E-state index in [1.807, 2.05) is 30.3 Å². The van der Waals surface area contributed by atoms with Gasteiger partial charge in [0, 0.05) is 22.8 Å². The molecule has 1 aliphatic rings. The molecule has 8 nitrogen and oxygen atoms in total. The fraction of sp³-hybridized carbons (Fsp3) is 0.393. The van der Waals surface area contributed by atoms with Crippen molar-refractivity contribution < 1.29 is 9.90 Å². The fourth-order valence-electron chi connectivity index (χ4n) is 4.88. The molecular weight excluding hydrogens is 454 g/mol. The lowest BCUT2D eigenvalue weighted by Crippen LogP contribution is -2.42. The number of rotatable bonds is 7. The van der Waals surface area contributed by atoms with E-state index in [1.165, 1.54) is 10.9 Å². The minimum Gasteiger partial charge on any atom is -0.388 e. The second-order valence-corrected chi connectivity index (χ2v) is 9.58. The molecule has 184 valence electrons. The minimum atomic E-state index is -1.05. The number of nitrogens with zero attached hydrogens (tertiary/aromatic N) is 5. The van der Waals surface area contributed by atoms with Crippen LogP contribution in [0, 0.1) is 17.8 Å². The Kier molecular flexibility index (Phi) is 7.84. The molecule has 0 unspecified atom stereocenters. The van der Waals surface area contributed by atoms with Crippen molar-refractivity contribution in [2.75, 3.05) is 6.54 Å². The molecule has 1 N–H and O–H groups in total. The quantitative estimate of drug-likeness (QED) is 0.226. The second kappa shape index (κ2) is 11.2. The van der Waals surface area contributed by atoms with Gasteiger partial charge >= 0.3 is 0 Å². The van der Waals surface area contributed by atoms with E-state index in [4.69, 9.17) is 5.53 Å². The van der Waals surface area contributed by atoms with E-state index < -0.39 is 5.60 Å². The van der Waals surface area contributed by atoms with Crippen LogP contribution in [-0.4, -0.2) is 32.6 Å². The Balaban J connectivity index is 1.39. The van der Waals surface area contributed by atoms with Gasteiger partial charge in [0.25, 0.3) is 5.56 Å². The predicted molar refractivity (Wildman–Crippen MR) is 138 cm³/mol. The number of aliphatic hydroxyl groups is 1. The standard InChI is InChI=1S/C28H29N5O3/c1-20(22-7-3-2-4-8-22)16-26(34)23-11-13-28(36,14-12-23)18-33-19-30-25-17-21(6-5-15-31-32-29)9-10-24(25)27(33)35/h2-4,7-10,17,19-20,23,36H,11-16,18H2,1H3/t20-,23?,28?/m1/s1. The molecule has 36 heavy (non-hydrogen) atoms. The molecule has 0 bridgehead atoms. The summed E-state index contributed by atoms with van der Waals surface area (Å²) in [6.45, 7) is 2.29. The molecule has 1 atom stereocenters. The average Bonchev–Trinajstić information content (AvgIpc) is 2.89. The maximum Gasteiger partial charge on any atom is 0.261 e. The van der Waals surface area contributed by atoms with Crippen LogP contribution in [0.25, 0.3) is 21.3 Å². The van der Waals surface area contributed by atoms with Gasteiger partial charge in [0.1, 0.15) is 5.78 Å². The Morgan fingerprint density at radius 1 is 1.28 bits per heavy atom. The Morgan fingerprint density at radius 2 is 2.03 bits per heavy atom. The molecule has 0 radical (unpaired) electrons. The van der Waals surface area contributed by atoms with Gasteiger partial charge in [-0.25, -0.2) is 4.98 Å². The van der Waals surface area contributed by atoms with E-state index in [2.05, 4.69) is 33.8 Å². The third kappa shape index (κ3) is 6.01. The number of azide groups is 1. The van der Waals surface area contributed by atoms with Gasteiger partial charge in [-0.15, -0.1) is 0 Å². The summed E-state index contributed by atoms with van der Waals surface area (Å²) < 4.78 is 1.45. The topological polar surface area (TPSA) is 121 Å². The van der Waals surface area contributed by atoms with Crippen molar-refractivity contribution in [2.45, 2.75) is 57.1 Å². The third-order valence-electron chi connectivity index (χ3n) is 6.98. The van der Waals surface area contributed by atoms with Crippen LogP contribution in [0.1, 0.15) is 56.1 Å². The number of carbonyl (C=O) groups excluding carboxylic acids is 1. The number of ketones is 1. The van der Waals surface area contributed by atoms with Gasteiger partial charge in [0.15, 0.2) is 0 Å². The predicted octanol–water partition coefficient (Wildman–Crippen LogP) is 4.74. The zero-order valence-electron chi connectivity index (χ0n) is 20.3. The highest BCUT2D eigenvalue weighted by Gasteiger charge is 2.36. The molecule has 1 heterocycles. The molecule has 1 aliphatic carbocycles. The lowest BCUT2D eigenvalue weighted by Gasteiger charge is -2.36. The van der Waals surface area contributed by atoms with Gasteiger partial charge in [-0.3, -0.25) is 14.2 Å². The lowest BCUT2D eigenvalue weighted by molar-refractivity contribution is -0.126. The summed E-state index contributed by atoms with van der Waals surface area (Å²) in [5.41, 5.74) is 9.39. The normalized spacial score (nSPS) is 20.1. The van der Waals surface area contributed by atoms with Crippen molar-refractivity contribution in [2.24, 2.45) is 11.0 Å². The Labute approximate surface area is 209 Å². The van der Waals surface area contributed by atoms with E-state index in [-0.39, 0.29) is 36.3 Å². The van der Waals surface area contributed by atoms with Crippen LogP contribution in [0.3, 0.4) is 0 Å². The largest absolute Gasteiger partial charge is 0.388 e. The highest BCUT2D eigenvalue weighted by Crippen LogP contribution is 2.35. The molecule has 1 fully saturated rings. The summed E-state index contributed by atoms with van der Waals surface area (Å²) in [4.78, 5) is 33.0. The average molecular weight is 484 g/mol. The summed E-state index contributed by atoms with van der Waals surface area (Å²) in [5, 5.41) is 15.0. The number of fused-ring (bicyclic) bond motifs is 1. The van der Waals surface area contributed by atoms with E-state index in [0.717, 1.165) is 5.56 Å². The molecule has 3 aromatic rings. The van der Waals surface area contributed by atoms with Gasteiger partial charge < -0.3 is 5.11 Å². The van der Waals surface area contributed by atoms with Crippen LogP contribution in [0.2, 0.25) is 0 Å². The van der Waals surface area contributed by atoms with Crippen molar-refractivity contribution in [3.8, 4) is 11.8 Å². The van der Waals surface area contributed by atoms with Crippen molar-refractivity contribution >= 4 is 16.7 Å². The van der Waals surface area contributed by atoms with Gasteiger partial charge in [0.2, 0.25) is 0 Å². The van der Waals surface area contributed by atoms with Crippen LogP contribution in [0.4, 0.5) is 0 Å².